The van der Waals surface area contributed by atoms with Gasteiger partial charge in [0.15, 0.2) is 0 Å². The highest BCUT2D eigenvalue weighted by molar-refractivity contribution is 6.21. The first-order chi connectivity index (χ1) is 16.0. The number of carbonyl (C=O) groups is 3. The molecule has 2 aromatic rings. The standard InChI is InChI=1S/C26H32N4O3/c1-20-9-10-22-23(19-20)26(33)30(25(22)32)14-11-24(31)27-12-5-6-13-28-15-17-29(18-16-28)21-7-3-2-4-8-21/h2-4,7-10,19H,5-6,11-18H2,1H3,(H,27,31). The zero-order valence-corrected chi connectivity index (χ0v) is 19.3. The van der Waals surface area contributed by atoms with Gasteiger partial charge in [-0.2, -0.15) is 0 Å². The third kappa shape index (κ3) is 5.60. The first-order valence-electron chi connectivity index (χ1n) is 11.8. The number of unbranched alkanes of at least 4 members (excludes halogenated alkanes) is 1. The van der Waals surface area contributed by atoms with E-state index in [2.05, 4.69) is 39.4 Å². The summed E-state index contributed by atoms with van der Waals surface area (Å²) < 4.78 is 0. The molecule has 3 amide bonds. The number of benzene rings is 2. The predicted molar refractivity (Wildman–Crippen MR) is 129 cm³/mol. The molecule has 174 valence electrons. The molecule has 0 aliphatic carbocycles. The summed E-state index contributed by atoms with van der Waals surface area (Å²) in [5, 5.41) is 2.92. The van der Waals surface area contributed by atoms with Crippen LogP contribution in [0.5, 0.6) is 0 Å². The maximum absolute atomic E-state index is 12.5. The number of para-hydroxylation sites is 1. The summed E-state index contributed by atoms with van der Waals surface area (Å²) in [5.74, 6) is -0.742. The number of fused-ring (bicyclic) bond motifs is 1. The van der Waals surface area contributed by atoms with Crippen LogP contribution in [0.25, 0.3) is 0 Å². The Bertz CT molecular complexity index is 1000. The zero-order chi connectivity index (χ0) is 23.2. The molecule has 0 atom stereocenters. The molecule has 0 bridgehead atoms. The van der Waals surface area contributed by atoms with Crippen LogP contribution in [-0.4, -0.2) is 73.3 Å². The Hall–Kier alpha value is -3.19. The SMILES string of the molecule is Cc1ccc2c(c1)C(=O)N(CCC(=O)NCCCCN1CCN(c3ccccc3)CC1)C2=O. The average Bonchev–Trinajstić information content (AvgIpc) is 3.07. The van der Waals surface area contributed by atoms with Crippen LogP contribution < -0.4 is 10.2 Å². The van der Waals surface area contributed by atoms with E-state index >= 15 is 0 Å². The number of imide groups is 1. The zero-order valence-electron chi connectivity index (χ0n) is 19.3. The van der Waals surface area contributed by atoms with Crippen LogP contribution in [0, 0.1) is 6.92 Å². The lowest BCUT2D eigenvalue weighted by Gasteiger charge is -2.36. The number of anilines is 1. The van der Waals surface area contributed by atoms with Gasteiger partial charge in [-0.05, 0) is 50.6 Å². The molecule has 0 saturated carbocycles. The number of hydrogen-bond donors (Lipinski definition) is 1. The summed E-state index contributed by atoms with van der Waals surface area (Å²) >= 11 is 0. The molecule has 0 spiro atoms. The van der Waals surface area contributed by atoms with Gasteiger partial charge in [0.05, 0.1) is 11.1 Å². The number of nitrogens with zero attached hydrogens (tertiary/aromatic N) is 3. The summed E-state index contributed by atoms with van der Waals surface area (Å²) in [4.78, 5) is 43.2. The van der Waals surface area contributed by atoms with Crippen LogP contribution in [0.4, 0.5) is 5.69 Å². The van der Waals surface area contributed by atoms with Crippen molar-refractivity contribution in [3.8, 4) is 0 Å². The summed E-state index contributed by atoms with van der Waals surface area (Å²) in [7, 11) is 0. The number of carbonyl (C=O) groups excluding carboxylic acids is 3. The lowest BCUT2D eigenvalue weighted by atomic mass is 10.1. The Morgan fingerprint density at radius 1 is 0.879 bits per heavy atom. The molecule has 1 N–H and O–H groups in total. The van der Waals surface area contributed by atoms with Crippen LogP contribution in [0.2, 0.25) is 0 Å². The smallest absolute Gasteiger partial charge is 0.261 e. The van der Waals surface area contributed by atoms with E-state index in [0.29, 0.717) is 17.7 Å². The van der Waals surface area contributed by atoms with Gasteiger partial charge < -0.3 is 10.2 Å². The average molecular weight is 449 g/mol. The van der Waals surface area contributed by atoms with Gasteiger partial charge in [0.2, 0.25) is 5.91 Å². The maximum Gasteiger partial charge on any atom is 0.261 e. The van der Waals surface area contributed by atoms with Crippen LogP contribution in [0.1, 0.15) is 45.5 Å². The highest BCUT2D eigenvalue weighted by Gasteiger charge is 2.35. The van der Waals surface area contributed by atoms with Crippen molar-refractivity contribution < 1.29 is 14.4 Å². The molecule has 2 aromatic carbocycles. The van der Waals surface area contributed by atoms with E-state index in [4.69, 9.17) is 0 Å². The number of aryl methyl sites for hydroxylation is 1. The van der Waals surface area contributed by atoms with Crippen LogP contribution in [-0.2, 0) is 4.79 Å². The van der Waals surface area contributed by atoms with E-state index in [-0.39, 0.29) is 30.7 Å². The molecular weight excluding hydrogens is 416 g/mol. The van der Waals surface area contributed by atoms with E-state index in [1.54, 1.807) is 12.1 Å². The Morgan fingerprint density at radius 2 is 1.61 bits per heavy atom. The molecule has 33 heavy (non-hydrogen) atoms. The van der Waals surface area contributed by atoms with Gasteiger partial charge in [0.1, 0.15) is 0 Å². The number of amides is 3. The summed E-state index contributed by atoms with van der Waals surface area (Å²) in [5.41, 5.74) is 3.09. The quantitative estimate of drug-likeness (QED) is 0.472. The number of rotatable bonds is 9. The molecule has 4 rings (SSSR count). The van der Waals surface area contributed by atoms with E-state index < -0.39 is 0 Å². The summed E-state index contributed by atoms with van der Waals surface area (Å²) in [6.07, 6.45) is 2.08. The van der Waals surface area contributed by atoms with Crippen LogP contribution in [0.15, 0.2) is 48.5 Å². The maximum atomic E-state index is 12.5. The molecule has 2 aliphatic heterocycles. The molecule has 2 aliphatic rings. The number of nitrogens with one attached hydrogen (secondary N) is 1. The predicted octanol–water partition coefficient (Wildman–Crippen LogP) is 2.70. The monoisotopic (exact) mass is 448 g/mol. The molecule has 1 saturated heterocycles. The van der Waals surface area contributed by atoms with Crippen LogP contribution >= 0.6 is 0 Å². The normalized spacial score (nSPS) is 16.3. The molecule has 7 nitrogen and oxygen atoms in total. The van der Waals surface area contributed by atoms with Gasteiger partial charge in [-0.25, -0.2) is 0 Å². The first-order valence-corrected chi connectivity index (χ1v) is 11.8. The molecule has 0 aromatic heterocycles. The van der Waals surface area contributed by atoms with Crippen molar-refractivity contribution in [3.63, 3.8) is 0 Å². The Labute approximate surface area is 195 Å². The Balaban J connectivity index is 1.09. The minimum Gasteiger partial charge on any atom is -0.369 e. The fraction of sp³-hybridized carbons (Fsp3) is 0.423. The van der Waals surface area contributed by atoms with Crippen molar-refractivity contribution in [2.75, 3.05) is 50.7 Å². The topological polar surface area (TPSA) is 73.0 Å². The first kappa shape index (κ1) is 23.0. The molecule has 2 heterocycles. The fourth-order valence-electron chi connectivity index (χ4n) is 4.47. The van der Waals surface area contributed by atoms with Crippen LogP contribution in [0.3, 0.4) is 0 Å². The van der Waals surface area contributed by atoms with Crippen molar-refractivity contribution in [1.82, 2.24) is 15.1 Å². The lowest BCUT2D eigenvalue weighted by Crippen LogP contribution is -2.46. The van der Waals surface area contributed by atoms with E-state index in [0.717, 1.165) is 51.1 Å². The van der Waals surface area contributed by atoms with Gasteiger partial charge in [0, 0.05) is 51.4 Å². The van der Waals surface area contributed by atoms with Crippen molar-refractivity contribution in [2.45, 2.75) is 26.2 Å². The van der Waals surface area contributed by atoms with Crippen molar-refractivity contribution >= 4 is 23.4 Å². The molecular formula is C26H32N4O3. The summed E-state index contributed by atoms with van der Waals surface area (Å²) in [6, 6.07) is 15.8. The van der Waals surface area contributed by atoms with Crippen molar-refractivity contribution in [3.05, 3.63) is 65.2 Å². The molecule has 0 radical (unpaired) electrons. The van der Waals surface area contributed by atoms with Gasteiger partial charge >= 0.3 is 0 Å². The summed E-state index contributed by atoms with van der Waals surface area (Å²) in [6.45, 7) is 7.84. The second kappa shape index (κ2) is 10.6. The second-order valence-corrected chi connectivity index (χ2v) is 8.78. The molecule has 0 unspecified atom stereocenters. The number of piperazine rings is 1. The number of hydrogen-bond acceptors (Lipinski definition) is 5. The third-order valence-corrected chi connectivity index (χ3v) is 6.41. The van der Waals surface area contributed by atoms with Crippen molar-refractivity contribution in [2.24, 2.45) is 0 Å². The molecule has 7 heteroatoms. The largest absolute Gasteiger partial charge is 0.369 e. The van der Waals surface area contributed by atoms with E-state index in [1.807, 2.05) is 19.1 Å². The minimum absolute atomic E-state index is 0.114. The Kier molecular flexibility index (Phi) is 7.40. The minimum atomic E-state index is -0.310. The lowest BCUT2D eigenvalue weighted by molar-refractivity contribution is -0.121. The third-order valence-electron chi connectivity index (χ3n) is 6.41. The molecule has 1 fully saturated rings. The second-order valence-electron chi connectivity index (χ2n) is 8.78. The van der Waals surface area contributed by atoms with Gasteiger partial charge in [-0.1, -0.05) is 29.8 Å². The van der Waals surface area contributed by atoms with E-state index in [1.165, 1.54) is 10.6 Å². The highest BCUT2D eigenvalue weighted by Crippen LogP contribution is 2.24. The van der Waals surface area contributed by atoms with Gasteiger partial charge in [-0.3, -0.25) is 24.2 Å². The van der Waals surface area contributed by atoms with Gasteiger partial charge in [0.25, 0.3) is 11.8 Å². The van der Waals surface area contributed by atoms with Gasteiger partial charge in [-0.15, -0.1) is 0 Å². The highest BCUT2D eigenvalue weighted by atomic mass is 16.2. The van der Waals surface area contributed by atoms with E-state index in [9.17, 15) is 14.4 Å². The fourth-order valence-corrected chi connectivity index (χ4v) is 4.47. The Morgan fingerprint density at radius 3 is 2.36 bits per heavy atom. The van der Waals surface area contributed by atoms with Crippen molar-refractivity contribution in [1.29, 1.82) is 0 Å².